The zero-order valence-corrected chi connectivity index (χ0v) is 10.9. The van der Waals surface area contributed by atoms with Crippen LogP contribution in [-0.2, 0) is 4.79 Å². The Morgan fingerprint density at radius 3 is 2.90 bits per heavy atom. The van der Waals surface area contributed by atoms with Crippen LogP contribution in [0.25, 0.3) is 0 Å². The van der Waals surface area contributed by atoms with Crippen LogP contribution < -0.4 is 0 Å². The average Bonchev–Trinajstić information content (AvgIpc) is 3.08. The van der Waals surface area contributed by atoms with Crippen molar-refractivity contribution in [1.82, 2.24) is 5.01 Å². The highest BCUT2D eigenvalue weighted by atomic mass is 19.1. The summed E-state index contributed by atoms with van der Waals surface area (Å²) in [4.78, 5) is 11.7. The van der Waals surface area contributed by atoms with Crippen LogP contribution in [0.1, 0.15) is 30.7 Å². The lowest BCUT2D eigenvalue weighted by Gasteiger charge is -2.17. The van der Waals surface area contributed by atoms with Gasteiger partial charge in [-0.15, -0.1) is 0 Å². The highest BCUT2D eigenvalue weighted by Gasteiger charge is 2.33. The summed E-state index contributed by atoms with van der Waals surface area (Å²) in [7, 11) is 0. The van der Waals surface area contributed by atoms with Crippen molar-refractivity contribution >= 4 is 11.6 Å². The first-order chi connectivity index (χ1) is 9.65. The van der Waals surface area contributed by atoms with Crippen LogP contribution in [0.2, 0.25) is 0 Å². The van der Waals surface area contributed by atoms with E-state index >= 15 is 0 Å². The number of carbonyl (C=O) groups is 1. The third-order valence-electron chi connectivity index (χ3n) is 3.26. The van der Waals surface area contributed by atoms with Crippen molar-refractivity contribution in [3.8, 4) is 0 Å². The quantitative estimate of drug-likeness (QED) is 0.843. The van der Waals surface area contributed by atoms with Gasteiger partial charge in [-0.1, -0.05) is 12.1 Å². The molecular formula is C15H13FN2O2. The van der Waals surface area contributed by atoms with Crippen LogP contribution in [0.5, 0.6) is 0 Å². The molecule has 1 unspecified atom stereocenters. The predicted molar refractivity (Wildman–Crippen MR) is 71.5 cm³/mol. The van der Waals surface area contributed by atoms with E-state index < -0.39 is 0 Å². The lowest BCUT2D eigenvalue weighted by Crippen LogP contribution is -2.23. The van der Waals surface area contributed by atoms with Gasteiger partial charge in [0.15, 0.2) is 0 Å². The molecule has 3 rings (SSSR count). The fraction of sp³-hybridized carbons (Fsp3) is 0.200. The first-order valence-corrected chi connectivity index (χ1v) is 6.32. The molecule has 2 heterocycles. The van der Waals surface area contributed by atoms with Crippen LogP contribution in [0.4, 0.5) is 4.39 Å². The molecule has 0 N–H and O–H groups in total. The van der Waals surface area contributed by atoms with E-state index in [9.17, 15) is 9.18 Å². The fourth-order valence-corrected chi connectivity index (χ4v) is 2.35. The number of nitrogens with zero attached hydrogens (tertiary/aromatic N) is 2. The summed E-state index contributed by atoms with van der Waals surface area (Å²) in [5.41, 5.74) is 1.37. The van der Waals surface area contributed by atoms with Crippen LogP contribution in [0.3, 0.4) is 0 Å². The second-order valence-electron chi connectivity index (χ2n) is 4.66. The number of hydrogen-bond acceptors (Lipinski definition) is 3. The number of furan rings is 1. The van der Waals surface area contributed by atoms with Crippen molar-refractivity contribution in [2.45, 2.75) is 19.4 Å². The Kier molecular flexibility index (Phi) is 3.10. The van der Waals surface area contributed by atoms with Gasteiger partial charge in [-0.25, -0.2) is 9.40 Å². The summed E-state index contributed by atoms with van der Waals surface area (Å²) < 4.78 is 18.7. The number of halogens is 1. The van der Waals surface area contributed by atoms with E-state index in [4.69, 9.17) is 4.42 Å². The number of amides is 1. The van der Waals surface area contributed by atoms with Gasteiger partial charge >= 0.3 is 0 Å². The molecule has 1 aliphatic rings. The Hall–Kier alpha value is -2.43. The maximum atomic E-state index is 13.3. The second kappa shape index (κ2) is 4.92. The van der Waals surface area contributed by atoms with Crippen LogP contribution >= 0.6 is 0 Å². The minimum absolute atomic E-state index is 0.169. The molecular weight excluding hydrogens is 259 g/mol. The Labute approximate surface area is 115 Å². The Bertz CT molecular complexity index is 664. The first kappa shape index (κ1) is 12.6. The van der Waals surface area contributed by atoms with Crippen LogP contribution in [0, 0.1) is 5.82 Å². The van der Waals surface area contributed by atoms with E-state index in [0.717, 1.165) is 0 Å². The lowest BCUT2D eigenvalue weighted by atomic mass is 10.0. The van der Waals surface area contributed by atoms with Crippen LogP contribution in [0.15, 0.2) is 52.2 Å². The number of rotatable bonds is 2. The molecule has 0 saturated heterocycles. The summed E-state index contributed by atoms with van der Waals surface area (Å²) in [6.07, 6.45) is 2.07. The van der Waals surface area contributed by atoms with Gasteiger partial charge in [-0.2, -0.15) is 5.10 Å². The molecule has 0 aliphatic carbocycles. The Morgan fingerprint density at radius 1 is 1.40 bits per heavy atom. The maximum absolute atomic E-state index is 13.3. The first-order valence-electron chi connectivity index (χ1n) is 6.32. The summed E-state index contributed by atoms with van der Waals surface area (Å²) in [5.74, 6) is 0.189. The maximum Gasteiger partial charge on any atom is 0.240 e. The second-order valence-corrected chi connectivity index (χ2v) is 4.66. The van der Waals surface area contributed by atoms with Crippen molar-refractivity contribution in [2.75, 3.05) is 0 Å². The molecule has 0 fully saturated rings. The Morgan fingerprint density at radius 2 is 2.25 bits per heavy atom. The zero-order chi connectivity index (χ0) is 14.1. The summed E-state index contributed by atoms with van der Waals surface area (Å²) >= 11 is 0. The van der Waals surface area contributed by atoms with Crippen molar-refractivity contribution in [1.29, 1.82) is 0 Å². The molecule has 0 spiro atoms. The molecule has 4 nitrogen and oxygen atoms in total. The van der Waals surface area contributed by atoms with E-state index in [1.807, 2.05) is 6.07 Å². The minimum Gasteiger partial charge on any atom is -0.467 e. The smallest absolute Gasteiger partial charge is 0.240 e. The van der Waals surface area contributed by atoms with E-state index in [-0.39, 0.29) is 17.8 Å². The van der Waals surface area contributed by atoms with Crippen molar-refractivity contribution in [3.63, 3.8) is 0 Å². The van der Waals surface area contributed by atoms with Gasteiger partial charge in [0, 0.05) is 18.9 Å². The van der Waals surface area contributed by atoms with Crippen molar-refractivity contribution < 1.29 is 13.6 Å². The summed E-state index contributed by atoms with van der Waals surface area (Å²) in [6, 6.07) is 9.53. The predicted octanol–water partition coefficient (Wildman–Crippen LogP) is 3.12. The summed E-state index contributed by atoms with van der Waals surface area (Å²) in [5, 5.41) is 5.70. The van der Waals surface area contributed by atoms with E-state index in [0.29, 0.717) is 23.5 Å². The highest BCUT2D eigenvalue weighted by molar-refractivity contribution is 6.03. The molecule has 1 amide bonds. The van der Waals surface area contributed by atoms with Gasteiger partial charge in [-0.3, -0.25) is 4.79 Å². The molecule has 1 aromatic heterocycles. The molecule has 0 saturated carbocycles. The van der Waals surface area contributed by atoms with Gasteiger partial charge in [0.05, 0.1) is 12.0 Å². The molecule has 2 aromatic rings. The molecule has 1 atom stereocenters. The number of hydrazone groups is 1. The fourth-order valence-electron chi connectivity index (χ4n) is 2.35. The molecule has 20 heavy (non-hydrogen) atoms. The molecule has 5 heteroatoms. The lowest BCUT2D eigenvalue weighted by molar-refractivity contribution is -0.130. The normalized spacial score (nSPS) is 18.2. The van der Waals surface area contributed by atoms with E-state index in [2.05, 4.69) is 5.10 Å². The third-order valence-corrected chi connectivity index (χ3v) is 3.26. The van der Waals surface area contributed by atoms with Crippen molar-refractivity contribution in [3.05, 3.63) is 59.8 Å². The molecule has 0 radical (unpaired) electrons. The number of carbonyl (C=O) groups excluding carboxylic acids is 1. The number of hydrogen-bond donors (Lipinski definition) is 0. The van der Waals surface area contributed by atoms with Crippen LogP contribution in [-0.4, -0.2) is 16.6 Å². The van der Waals surface area contributed by atoms with Gasteiger partial charge in [0.1, 0.15) is 17.6 Å². The van der Waals surface area contributed by atoms with E-state index in [1.54, 1.807) is 24.5 Å². The SMILES string of the molecule is CC(=O)N1N=C(c2cccc(F)c2)CC1c1ccco1. The minimum atomic E-state index is -0.318. The third kappa shape index (κ3) is 2.22. The van der Waals surface area contributed by atoms with Gasteiger partial charge in [0.25, 0.3) is 0 Å². The Balaban J connectivity index is 1.95. The molecule has 1 aromatic carbocycles. The highest BCUT2D eigenvalue weighted by Crippen LogP contribution is 2.32. The van der Waals surface area contributed by atoms with E-state index in [1.165, 1.54) is 24.1 Å². The standard InChI is InChI=1S/C15H13FN2O2/c1-10(19)18-14(15-6-3-7-20-15)9-13(17-18)11-4-2-5-12(16)8-11/h2-8,14H,9H2,1H3. The number of benzene rings is 1. The molecule has 1 aliphatic heterocycles. The zero-order valence-electron chi connectivity index (χ0n) is 10.9. The summed E-state index contributed by atoms with van der Waals surface area (Å²) in [6.45, 7) is 1.45. The average molecular weight is 272 g/mol. The largest absolute Gasteiger partial charge is 0.467 e. The topological polar surface area (TPSA) is 45.8 Å². The van der Waals surface area contributed by atoms with Gasteiger partial charge in [-0.05, 0) is 24.3 Å². The molecule has 0 bridgehead atoms. The monoisotopic (exact) mass is 272 g/mol. The molecule has 102 valence electrons. The van der Waals surface area contributed by atoms with Gasteiger partial charge < -0.3 is 4.42 Å². The van der Waals surface area contributed by atoms with Crippen molar-refractivity contribution in [2.24, 2.45) is 5.10 Å². The van der Waals surface area contributed by atoms with Gasteiger partial charge in [0.2, 0.25) is 5.91 Å².